The van der Waals surface area contributed by atoms with Crippen LogP contribution in [0.5, 0.6) is 0 Å². The first-order valence-electron chi connectivity index (χ1n) is 7.75. The molecule has 1 atom stereocenters. The fourth-order valence-corrected chi connectivity index (χ4v) is 3.80. The van der Waals surface area contributed by atoms with Crippen molar-refractivity contribution in [3.8, 4) is 0 Å². The Bertz CT molecular complexity index is 804. The number of carbonyl (C=O) groups excluding carboxylic acids is 1. The molecule has 128 valence electrons. The highest BCUT2D eigenvalue weighted by Gasteiger charge is 2.31. The fraction of sp³-hybridized carbons (Fsp3) is 0.278. The molecule has 2 aromatic rings. The summed E-state index contributed by atoms with van der Waals surface area (Å²) >= 11 is 0. The Morgan fingerprint density at radius 1 is 1.12 bits per heavy atom. The van der Waals surface area contributed by atoms with Gasteiger partial charge in [-0.1, -0.05) is 37.3 Å². The van der Waals surface area contributed by atoms with Crippen LogP contribution >= 0.6 is 0 Å². The first kappa shape index (κ1) is 18.0. The van der Waals surface area contributed by atoms with Crippen LogP contribution in [0.1, 0.15) is 18.9 Å². The number of anilines is 2. The number of para-hydroxylation sites is 1. The second-order valence-corrected chi connectivity index (χ2v) is 7.54. The lowest BCUT2D eigenvalue weighted by Crippen LogP contribution is -2.46. The number of carbonyl (C=O) groups is 1. The molecule has 2 rings (SSSR count). The summed E-state index contributed by atoms with van der Waals surface area (Å²) in [6, 6.07) is 15.3. The molecule has 24 heavy (non-hydrogen) atoms. The van der Waals surface area contributed by atoms with Crippen LogP contribution in [-0.2, 0) is 14.8 Å². The van der Waals surface area contributed by atoms with Crippen molar-refractivity contribution >= 4 is 27.3 Å². The minimum Gasteiger partial charge on any atom is -0.324 e. The molecule has 0 fully saturated rings. The average molecular weight is 346 g/mol. The smallest absolute Gasteiger partial charge is 0.248 e. The highest BCUT2D eigenvalue weighted by atomic mass is 32.2. The van der Waals surface area contributed by atoms with Crippen LogP contribution in [0, 0.1) is 6.92 Å². The van der Waals surface area contributed by atoms with Gasteiger partial charge in [-0.25, -0.2) is 8.42 Å². The molecule has 5 nitrogen and oxygen atoms in total. The molecule has 0 aliphatic rings. The van der Waals surface area contributed by atoms with Gasteiger partial charge in [-0.2, -0.15) is 0 Å². The van der Waals surface area contributed by atoms with Crippen molar-refractivity contribution in [1.82, 2.24) is 0 Å². The fourth-order valence-electron chi connectivity index (χ4n) is 2.58. The van der Waals surface area contributed by atoms with Gasteiger partial charge in [0, 0.05) is 5.69 Å². The zero-order chi connectivity index (χ0) is 17.7. The third-order valence-electron chi connectivity index (χ3n) is 3.63. The lowest BCUT2D eigenvalue weighted by Gasteiger charge is -2.30. The Hall–Kier alpha value is -2.34. The van der Waals surface area contributed by atoms with Gasteiger partial charge < -0.3 is 5.32 Å². The number of rotatable bonds is 6. The number of benzene rings is 2. The van der Waals surface area contributed by atoms with Crippen molar-refractivity contribution in [2.75, 3.05) is 15.9 Å². The third-order valence-corrected chi connectivity index (χ3v) is 4.81. The summed E-state index contributed by atoms with van der Waals surface area (Å²) in [5, 5.41) is 2.81. The van der Waals surface area contributed by atoms with Crippen molar-refractivity contribution in [2.24, 2.45) is 0 Å². The SMILES string of the molecule is CC[C@@H](C(=O)Nc1cccc(C)c1)N(c1ccccc1)S(C)(=O)=O. The first-order valence-corrected chi connectivity index (χ1v) is 9.59. The van der Waals surface area contributed by atoms with Crippen molar-refractivity contribution < 1.29 is 13.2 Å². The molecule has 0 aromatic heterocycles. The van der Waals surface area contributed by atoms with E-state index < -0.39 is 16.1 Å². The maximum absolute atomic E-state index is 12.7. The molecule has 2 aromatic carbocycles. The van der Waals surface area contributed by atoms with Crippen molar-refractivity contribution in [2.45, 2.75) is 26.3 Å². The molecule has 0 saturated carbocycles. The molecule has 0 saturated heterocycles. The molecule has 1 N–H and O–H groups in total. The molecule has 0 unspecified atom stereocenters. The largest absolute Gasteiger partial charge is 0.324 e. The van der Waals surface area contributed by atoms with Crippen LogP contribution in [-0.4, -0.2) is 26.6 Å². The molecule has 0 aliphatic carbocycles. The molecule has 0 aliphatic heterocycles. The highest BCUT2D eigenvalue weighted by molar-refractivity contribution is 7.92. The topological polar surface area (TPSA) is 66.5 Å². The van der Waals surface area contributed by atoms with E-state index in [0.29, 0.717) is 17.8 Å². The average Bonchev–Trinajstić information content (AvgIpc) is 2.52. The molecular weight excluding hydrogens is 324 g/mol. The molecule has 0 heterocycles. The van der Waals surface area contributed by atoms with E-state index in [4.69, 9.17) is 0 Å². The zero-order valence-corrected chi connectivity index (χ0v) is 14.9. The zero-order valence-electron chi connectivity index (χ0n) is 14.1. The van der Waals surface area contributed by atoms with E-state index in [2.05, 4.69) is 5.32 Å². The summed E-state index contributed by atoms with van der Waals surface area (Å²) < 4.78 is 25.8. The van der Waals surface area contributed by atoms with Gasteiger partial charge in [0.05, 0.1) is 11.9 Å². The first-order chi connectivity index (χ1) is 11.3. The van der Waals surface area contributed by atoms with E-state index in [9.17, 15) is 13.2 Å². The molecule has 1 amide bonds. The highest BCUT2D eigenvalue weighted by Crippen LogP contribution is 2.23. The van der Waals surface area contributed by atoms with E-state index in [-0.39, 0.29) is 5.91 Å². The van der Waals surface area contributed by atoms with Gasteiger partial charge in [0.25, 0.3) is 0 Å². The van der Waals surface area contributed by atoms with E-state index in [1.165, 1.54) is 4.31 Å². The van der Waals surface area contributed by atoms with Gasteiger partial charge in [-0.3, -0.25) is 9.10 Å². The third kappa shape index (κ3) is 4.35. The summed E-state index contributed by atoms with van der Waals surface area (Å²) in [5.74, 6) is -0.350. The quantitative estimate of drug-likeness (QED) is 0.873. The van der Waals surface area contributed by atoms with Crippen LogP contribution in [0.4, 0.5) is 11.4 Å². The molecule has 0 spiro atoms. The van der Waals surface area contributed by atoms with Crippen molar-refractivity contribution in [3.63, 3.8) is 0 Å². The number of hydrogen-bond donors (Lipinski definition) is 1. The molecule has 0 radical (unpaired) electrons. The molecule has 6 heteroatoms. The summed E-state index contributed by atoms with van der Waals surface area (Å²) in [6.07, 6.45) is 1.47. The second-order valence-electron chi connectivity index (χ2n) is 5.68. The van der Waals surface area contributed by atoms with Gasteiger partial charge in [0.15, 0.2) is 0 Å². The van der Waals surface area contributed by atoms with Crippen LogP contribution in [0.3, 0.4) is 0 Å². The normalized spacial score (nSPS) is 12.5. The Labute approximate surface area is 143 Å². The number of aryl methyl sites for hydroxylation is 1. The number of nitrogens with one attached hydrogen (secondary N) is 1. The number of amides is 1. The maximum atomic E-state index is 12.7. The van der Waals surface area contributed by atoms with E-state index in [0.717, 1.165) is 11.8 Å². The minimum absolute atomic E-state index is 0.350. The van der Waals surface area contributed by atoms with Gasteiger partial charge >= 0.3 is 0 Å². The van der Waals surface area contributed by atoms with Crippen molar-refractivity contribution in [3.05, 3.63) is 60.2 Å². The van der Waals surface area contributed by atoms with Gasteiger partial charge in [0.2, 0.25) is 15.9 Å². The molecular formula is C18H22N2O3S. The Morgan fingerprint density at radius 3 is 2.33 bits per heavy atom. The molecule has 0 bridgehead atoms. The second kappa shape index (κ2) is 7.49. The summed E-state index contributed by atoms with van der Waals surface area (Å²) in [6.45, 7) is 3.72. The van der Waals surface area contributed by atoms with Crippen molar-refractivity contribution in [1.29, 1.82) is 0 Å². The number of hydrogen-bond acceptors (Lipinski definition) is 3. The summed E-state index contributed by atoms with van der Waals surface area (Å²) in [7, 11) is -3.60. The predicted molar refractivity (Wildman–Crippen MR) is 97.7 cm³/mol. The number of nitrogens with zero attached hydrogens (tertiary/aromatic N) is 1. The monoisotopic (exact) mass is 346 g/mol. The van der Waals surface area contributed by atoms with Gasteiger partial charge in [0.1, 0.15) is 6.04 Å². The summed E-state index contributed by atoms with van der Waals surface area (Å²) in [4.78, 5) is 12.7. The predicted octanol–water partition coefficient (Wildman–Crippen LogP) is 3.18. The van der Waals surface area contributed by atoms with Gasteiger partial charge in [-0.15, -0.1) is 0 Å². The van der Waals surface area contributed by atoms with Crippen LogP contribution in [0.25, 0.3) is 0 Å². The van der Waals surface area contributed by atoms with Crippen LogP contribution in [0.2, 0.25) is 0 Å². The lowest BCUT2D eigenvalue weighted by molar-refractivity contribution is -0.117. The van der Waals surface area contributed by atoms with Crippen LogP contribution < -0.4 is 9.62 Å². The Kier molecular flexibility index (Phi) is 5.62. The Balaban J connectivity index is 2.34. The standard InChI is InChI=1S/C18H22N2O3S/c1-4-17(18(21)19-15-10-8-9-14(2)13-15)20(24(3,22)23)16-11-6-5-7-12-16/h5-13,17H,4H2,1-3H3,(H,19,21)/t17-/m0/s1. The lowest BCUT2D eigenvalue weighted by atomic mass is 10.1. The van der Waals surface area contributed by atoms with E-state index >= 15 is 0 Å². The Morgan fingerprint density at radius 2 is 1.79 bits per heavy atom. The maximum Gasteiger partial charge on any atom is 0.248 e. The van der Waals surface area contributed by atoms with E-state index in [1.807, 2.05) is 25.1 Å². The number of sulfonamides is 1. The van der Waals surface area contributed by atoms with Crippen LogP contribution in [0.15, 0.2) is 54.6 Å². The summed E-state index contributed by atoms with van der Waals surface area (Å²) in [5.41, 5.74) is 2.15. The van der Waals surface area contributed by atoms with E-state index in [1.54, 1.807) is 43.3 Å². The van der Waals surface area contributed by atoms with Gasteiger partial charge in [-0.05, 0) is 43.2 Å². The minimum atomic E-state index is -3.60.